The summed E-state index contributed by atoms with van der Waals surface area (Å²) in [6.45, 7) is 17.3. The van der Waals surface area contributed by atoms with E-state index in [9.17, 15) is 4.79 Å². The smallest absolute Gasteiger partial charge is 0.408 e. The molecule has 126 valence electrons. The van der Waals surface area contributed by atoms with Gasteiger partial charge in [-0.1, -0.05) is 34.1 Å². The predicted molar refractivity (Wildman–Crippen MR) is 89.6 cm³/mol. The second-order valence-corrected chi connectivity index (χ2v) is 7.17. The summed E-state index contributed by atoms with van der Waals surface area (Å²) in [5.74, 6) is 0.623. The summed E-state index contributed by atoms with van der Waals surface area (Å²) in [7, 11) is 0. The first-order chi connectivity index (χ1) is 9.59. The highest BCUT2D eigenvalue weighted by Gasteiger charge is 2.31. The van der Waals surface area contributed by atoms with E-state index >= 15 is 0 Å². The molecule has 0 heterocycles. The molecule has 4 heteroatoms. The molecule has 1 amide bonds. The molecule has 2 atom stereocenters. The lowest BCUT2D eigenvalue weighted by Crippen LogP contribution is -2.56. The number of carbonyl (C=O) groups is 1. The van der Waals surface area contributed by atoms with Crippen LogP contribution in [0.1, 0.15) is 74.7 Å². The first kappa shape index (κ1) is 20.2. The fourth-order valence-corrected chi connectivity index (χ4v) is 2.15. The Kier molecular flexibility index (Phi) is 8.30. The first-order valence-corrected chi connectivity index (χ1v) is 8.33. The fourth-order valence-electron chi connectivity index (χ4n) is 2.15. The topological polar surface area (TPSA) is 50.4 Å². The third kappa shape index (κ3) is 7.70. The number of amides is 1. The number of rotatable bonds is 8. The van der Waals surface area contributed by atoms with Crippen molar-refractivity contribution >= 4 is 6.09 Å². The average molecular weight is 300 g/mol. The molecule has 0 spiro atoms. The van der Waals surface area contributed by atoms with E-state index in [0.717, 1.165) is 25.8 Å². The lowest BCUT2D eigenvalue weighted by molar-refractivity contribution is 0.0443. The van der Waals surface area contributed by atoms with Gasteiger partial charge in [-0.25, -0.2) is 4.79 Å². The van der Waals surface area contributed by atoms with Crippen molar-refractivity contribution in [2.45, 2.75) is 91.8 Å². The largest absolute Gasteiger partial charge is 0.444 e. The van der Waals surface area contributed by atoms with E-state index in [-0.39, 0.29) is 11.6 Å². The number of alkyl carbamates (subject to hydrolysis) is 1. The monoisotopic (exact) mass is 300 g/mol. The molecule has 0 bridgehead atoms. The van der Waals surface area contributed by atoms with Gasteiger partial charge in [-0.05, 0) is 46.5 Å². The molecule has 4 nitrogen and oxygen atoms in total. The van der Waals surface area contributed by atoms with E-state index in [0.29, 0.717) is 12.0 Å². The van der Waals surface area contributed by atoms with Gasteiger partial charge in [0.25, 0.3) is 0 Å². The van der Waals surface area contributed by atoms with Crippen molar-refractivity contribution in [1.82, 2.24) is 10.6 Å². The van der Waals surface area contributed by atoms with Crippen molar-refractivity contribution in [2.75, 3.05) is 6.54 Å². The van der Waals surface area contributed by atoms with Gasteiger partial charge in [0, 0.05) is 12.6 Å². The predicted octanol–water partition coefficient (Wildman–Crippen LogP) is 4.09. The lowest BCUT2D eigenvalue weighted by Gasteiger charge is -2.36. The van der Waals surface area contributed by atoms with Gasteiger partial charge in [0.2, 0.25) is 0 Å². The Bertz CT molecular complexity index is 306. The molecule has 0 aromatic heterocycles. The van der Waals surface area contributed by atoms with Crippen molar-refractivity contribution in [3.8, 4) is 0 Å². The van der Waals surface area contributed by atoms with Crippen LogP contribution in [0, 0.1) is 5.92 Å². The summed E-state index contributed by atoms with van der Waals surface area (Å²) < 4.78 is 5.39. The summed E-state index contributed by atoms with van der Waals surface area (Å²) >= 11 is 0. The number of hydrogen-bond acceptors (Lipinski definition) is 3. The van der Waals surface area contributed by atoms with Crippen LogP contribution in [0.4, 0.5) is 4.79 Å². The molecule has 2 unspecified atom stereocenters. The Morgan fingerprint density at radius 1 is 1.10 bits per heavy atom. The Morgan fingerprint density at radius 3 is 2.00 bits per heavy atom. The number of ether oxygens (including phenoxy) is 1. The Balaban J connectivity index is 4.66. The third-order valence-electron chi connectivity index (χ3n) is 4.38. The second-order valence-electron chi connectivity index (χ2n) is 7.17. The minimum absolute atomic E-state index is 0.246. The van der Waals surface area contributed by atoms with Crippen LogP contribution in [0.2, 0.25) is 0 Å². The molecule has 0 radical (unpaired) electrons. The van der Waals surface area contributed by atoms with E-state index in [1.54, 1.807) is 0 Å². The van der Waals surface area contributed by atoms with Gasteiger partial charge in [0.1, 0.15) is 5.60 Å². The maximum Gasteiger partial charge on any atom is 0.408 e. The summed E-state index contributed by atoms with van der Waals surface area (Å²) in [4.78, 5) is 12.1. The molecule has 0 saturated heterocycles. The second kappa shape index (κ2) is 8.62. The van der Waals surface area contributed by atoms with Crippen LogP contribution >= 0.6 is 0 Å². The molecule has 2 N–H and O–H groups in total. The SMILES string of the molecule is CCC(C)C(C)NCC(CC)(CC)NC(=O)OC(C)(C)C. The third-order valence-corrected chi connectivity index (χ3v) is 4.38. The van der Waals surface area contributed by atoms with Gasteiger partial charge in [-0.15, -0.1) is 0 Å². The van der Waals surface area contributed by atoms with Gasteiger partial charge < -0.3 is 15.4 Å². The van der Waals surface area contributed by atoms with Crippen molar-refractivity contribution in [2.24, 2.45) is 5.92 Å². The Morgan fingerprint density at radius 2 is 1.62 bits per heavy atom. The molecular weight excluding hydrogens is 264 g/mol. The maximum absolute atomic E-state index is 12.1. The first-order valence-electron chi connectivity index (χ1n) is 8.33. The van der Waals surface area contributed by atoms with E-state index in [1.165, 1.54) is 0 Å². The van der Waals surface area contributed by atoms with Crippen LogP contribution in [-0.4, -0.2) is 29.8 Å². The number of hydrogen-bond donors (Lipinski definition) is 2. The molecule has 21 heavy (non-hydrogen) atoms. The van der Waals surface area contributed by atoms with Crippen molar-refractivity contribution in [3.63, 3.8) is 0 Å². The van der Waals surface area contributed by atoms with Crippen molar-refractivity contribution < 1.29 is 9.53 Å². The van der Waals surface area contributed by atoms with Gasteiger partial charge >= 0.3 is 6.09 Å². The molecule has 0 aliphatic heterocycles. The molecule has 0 aliphatic carbocycles. The highest BCUT2D eigenvalue weighted by Crippen LogP contribution is 2.17. The van der Waals surface area contributed by atoms with Crippen LogP contribution < -0.4 is 10.6 Å². The zero-order valence-corrected chi connectivity index (χ0v) is 15.3. The molecule has 0 aromatic rings. The zero-order valence-electron chi connectivity index (χ0n) is 15.3. The highest BCUT2D eigenvalue weighted by atomic mass is 16.6. The van der Waals surface area contributed by atoms with E-state index in [4.69, 9.17) is 4.74 Å². The van der Waals surface area contributed by atoms with Gasteiger partial charge in [-0.2, -0.15) is 0 Å². The zero-order chi connectivity index (χ0) is 16.7. The summed E-state index contributed by atoms with van der Waals surface area (Å²) in [6, 6.07) is 0.438. The average Bonchev–Trinajstić information content (AvgIpc) is 2.40. The minimum atomic E-state index is -0.464. The van der Waals surface area contributed by atoms with Gasteiger partial charge in [0.15, 0.2) is 0 Å². The van der Waals surface area contributed by atoms with Gasteiger partial charge in [-0.3, -0.25) is 0 Å². The fraction of sp³-hybridized carbons (Fsp3) is 0.941. The Hall–Kier alpha value is -0.770. The molecule has 0 fully saturated rings. The Labute approximate surface area is 131 Å². The van der Waals surface area contributed by atoms with Crippen LogP contribution in [0.25, 0.3) is 0 Å². The van der Waals surface area contributed by atoms with Crippen LogP contribution in [0.5, 0.6) is 0 Å². The van der Waals surface area contributed by atoms with Crippen LogP contribution in [0.15, 0.2) is 0 Å². The van der Waals surface area contributed by atoms with E-state index in [2.05, 4.69) is 45.3 Å². The normalized spacial score (nSPS) is 15.4. The van der Waals surface area contributed by atoms with Crippen molar-refractivity contribution in [1.29, 1.82) is 0 Å². The lowest BCUT2D eigenvalue weighted by atomic mass is 9.91. The molecule has 0 saturated carbocycles. The minimum Gasteiger partial charge on any atom is -0.444 e. The number of nitrogens with one attached hydrogen (secondary N) is 2. The van der Waals surface area contributed by atoms with E-state index in [1.807, 2.05) is 20.8 Å². The van der Waals surface area contributed by atoms with Crippen molar-refractivity contribution in [3.05, 3.63) is 0 Å². The highest BCUT2D eigenvalue weighted by molar-refractivity contribution is 5.68. The molecule has 0 aromatic carbocycles. The summed E-state index contributed by atoms with van der Waals surface area (Å²) in [6.07, 6.45) is 2.58. The quantitative estimate of drug-likeness (QED) is 0.709. The van der Waals surface area contributed by atoms with E-state index < -0.39 is 5.60 Å². The summed E-state index contributed by atoms with van der Waals surface area (Å²) in [5.41, 5.74) is -0.710. The van der Waals surface area contributed by atoms with Crippen LogP contribution in [-0.2, 0) is 4.74 Å². The standard InChI is InChI=1S/C17H36N2O2/c1-9-13(4)14(5)18-12-17(10-2,11-3)19-15(20)21-16(6,7)8/h13-14,18H,9-12H2,1-8H3,(H,19,20). The molecule has 0 aliphatic rings. The maximum atomic E-state index is 12.1. The summed E-state index contributed by atoms with van der Waals surface area (Å²) in [5, 5.41) is 6.65. The number of carbonyl (C=O) groups excluding carboxylic acids is 1. The van der Waals surface area contributed by atoms with Crippen LogP contribution in [0.3, 0.4) is 0 Å². The molecule has 0 rings (SSSR count). The molecular formula is C17H36N2O2. The van der Waals surface area contributed by atoms with Gasteiger partial charge in [0.05, 0.1) is 5.54 Å².